The fourth-order valence-corrected chi connectivity index (χ4v) is 4.11. The number of nitrogens with zero attached hydrogens (tertiary/aromatic N) is 2. The Balaban J connectivity index is 0.00000225. The molecule has 2 amide bonds. The summed E-state index contributed by atoms with van der Waals surface area (Å²) in [4.78, 5) is 16.5. The van der Waals surface area contributed by atoms with Crippen LogP contribution in [0, 0.1) is 0 Å². The summed E-state index contributed by atoms with van der Waals surface area (Å²) in [6.07, 6.45) is 0.935. The number of hydrogen-bond acceptors (Lipinski definition) is 4. The van der Waals surface area contributed by atoms with E-state index in [0.717, 1.165) is 43.1 Å². The maximum atomic E-state index is 12.4. The summed E-state index contributed by atoms with van der Waals surface area (Å²) in [6, 6.07) is 11.6. The highest BCUT2D eigenvalue weighted by molar-refractivity contribution is 6.30. The summed E-state index contributed by atoms with van der Waals surface area (Å²) in [5.41, 5.74) is 0.605. The van der Waals surface area contributed by atoms with Gasteiger partial charge in [-0.25, -0.2) is 4.79 Å². The Morgan fingerprint density at radius 1 is 1.25 bits per heavy atom. The second-order valence-electron chi connectivity index (χ2n) is 7.53. The van der Waals surface area contributed by atoms with E-state index in [1.807, 2.05) is 55.4 Å². The van der Waals surface area contributed by atoms with Crippen LogP contribution in [0.3, 0.4) is 0 Å². The summed E-state index contributed by atoms with van der Waals surface area (Å²) in [7, 11) is 4.09. The highest BCUT2D eigenvalue weighted by Gasteiger charge is 2.57. The largest absolute Gasteiger partial charge is 0.461 e. The molecule has 0 radical (unpaired) electrons. The molecular weight excluding hydrogens is 399 g/mol. The van der Waals surface area contributed by atoms with E-state index < -0.39 is 5.66 Å². The molecule has 2 atom stereocenters. The van der Waals surface area contributed by atoms with E-state index in [1.54, 1.807) is 0 Å². The molecule has 2 fully saturated rings. The number of benzene rings is 1. The number of carbonyl (C=O) groups excluding carboxylic acids is 1. The van der Waals surface area contributed by atoms with Gasteiger partial charge in [-0.3, -0.25) is 5.32 Å². The topological polar surface area (TPSA) is 60.8 Å². The van der Waals surface area contributed by atoms with Gasteiger partial charge in [0.15, 0.2) is 0 Å². The number of carbonyl (C=O) groups is 1. The molecule has 3 heterocycles. The van der Waals surface area contributed by atoms with Crippen molar-refractivity contribution in [1.82, 2.24) is 20.4 Å². The average molecular weight is 425 g/mol. The van der Waals surface area contributed by atoms with Crippen LogP contribution in [-0.2, 0) is 0 Å². The van der Waals surface area contributed by atoms with Crippen LogP contribution in [0.5, 0.6) is 0 Å². The summed E-state index contributed by atoms with van der Waals surface area (Å²) in [6.45, 7) is 3.06. The Labute approximate surface area is 176 Å². The van der Waals surface area contributed by atoms with E-state index in [2.05, 4.69) is 15.5 Å². The predicted octanol–water partition coefficient (Wildman–Crippen LogP) is 3.38. The van der Waals surface area contributed by atoms with Crippen LogP contribution < -0.4 is 10.6 Å². The maximum absolute atomic E-state index is 12.4. The van der Waals surface area contributed by atoms with Crippen molar-refractivity contribution in [1.29, 1.82) is 0 Å². The van der Waals surface area contributed by atoms with Crippen LogP contribution in [0.2, 0.25) is 5.02 Å². The zero-order valence-electron chi connectivity index (χ0n) is 16.1. The monoisotopic (exact) mass is 424 g/mol. The average Bonchev–Trinajstić information content (AvgIpc) is 3.21. The molecule has 2 N–H and O–H groups in total. The fraction of sp³-hybridized carbons (Fsp3) is 0.450. The molecule has 28 heavy (non-hydrogen) atoms. The molecule has 0 bridgehead atoms. The lowest BCUT2D eigenvalue weighted by Crippen LogP contribution is -2.72. The van der Waals surface area contributed by atoms with Crippen molar-refractivity contribution < 1.29 is 9.21 Å². The first-order valence-electron chi connectivity index (χ1n) is 9.30. The molecule has 1 aromatic carbocycles. The number of halogens is 2. The SMILES string of the molecule is CN(C)CCCN1C(=O)NCC12NCC2c1ccc(-c2ccc(Cl)cc2)o1.Cl. The number of rotatable bonds is 6. The molecule has 2 aromatic rings. The first-order valence-corrected chi connectivity index (χ1v) is 9.68. The minimum atomic E-state index is -0.390. The molecule has 2 unspecified atom stereocenters. The van der Waals surface area contributed by atoms with Gasteiger partial charge in [-0.1, -0.05) is 11.6 Å². The Morgan fingerprint density at radius 3 is 2.64 bits per heavy atom. The van der Waals surface area contributed by atoms with E-state index in [0.29, 0.717) is 11.6 Å². The molecule has 2 aliphatic heterocycles. The molecule has 152 valence electrons. The highest BCUT2D eigenvalue weighted by Crippen LogP contribution is 2.42. The lowest BCUT2D eigenvalue weighted by Gasteiger charge is -2.51. The second-order valence-corrected chi connectivity index (χ2v) is 7.97. The van der Waals surface area contributed by atoms with Crippen LogP contribution in [0.4, 0.5) is 4.79 Å². The quantitative estimate of drug-likeness (QED) is 0.745. The van der Waals surface area contributed by atoms with E-state index in [9.17, 15) is 4.79 Å². The predicted molar refractivity (Wildman–Crippen MR) is 113 cm³/mol. The molecule has 6 nitrogen and oxygen atoms in total. The van der Waals surface area contributed by atoms with Crippen LogP contribution in [-0.4, -0.2) is 61.8 Å². The van der Waals surface area contributed by atoms with Crippen LogP contribution in [0.1, 0.15) is 18.1 Å². The van der Waals surface area contributed by atoms with Crippen molar-refractivity contribution in [3.63, 3.8) is 0 Å². The number of urea groups is 1. The molecule has 2 saturated heterocycles. The zero-order chi connectivity index (χ0) is 19.0. The Bertz CT molecular complexity index is 824. The third-order valence-corrected chi connectivity index (χ3v) is 5.76. The van der Waals surface area contributed by atoms with Crippen molar-refractivity contribution in [3.05, 3.63) is 47.2 Å². The lowest BCUT2D eigenvalue weighted by atomic mass is 9.81. The molecule has 1 spiro atoms. The molecule has 1 aromatic heterocycles. The van der Waals surface area contributed by atoms with E-state index in [-0.39, 0.29) is 24.4 Å². The van der Waals surface area contributed by atoms with Gasteiger partial charge in [0.2, 0.25) is 0 Å². The van der Waals surface area contributed by atoms with Crippen molar-refractivity contribution >= 4 is 30.0 Å². The molecular formula is C20H26Cl2N4O2. The van der Waals surface area contributed by atoms with Crippen LogP contribution >= 0.6 is 24.0 Å². The fourth-order valence-electron chi connectivity index (χ4n) is 3.98. The number of nitrogens with one attached hydrogen (secondary N) is 2. The zero-order valence-corrected chi connectivity index (χ0v) is 17.6. The van der Waals surface area contributed by atoms with E-state index >= 15 is 0 Å². The van der Waals surface area contributed by atoms with Gasteiger partial charge in [0.1, 0.15) is 17.2 Å². The standard InChI is InChI=1S/C20H25ClN4O2.ClH/c1-24(2)10-3-11-25-19(26)22-13-20(25)16(12-23-20)18-9-8-17(27-18)14-4-6-15(21)7-5-14;/h4-9,16,23H,3,10-13H2,1-2H3,(H,22,26);1H. The summed E-state index contributed by atoms with van der Waals surface area (Å²) in [5.74, 6) is 1.87. The third-order valence-electron chi connectivity index (χ3n) is 5.51. The van der Waals surface area contributed by atoms with Gasteiger partial charge in [0.25, 0.3) is 0 Å². The second kappa shape index (κ2) is 8.33. The van der Waals surface area contributed by atoms with Crippen molar-refractivity contribution in [2.24, 2.45) is 0 Å². The van der Waals surface area contributed by atoms with Crippen molar-refractivity contribution in [3.8, 4) is 11.3 Å². The minimum absolute atomic E-state index is 0. The Kier molecular flexibility index (Phi) is 6.25. The maximum Gasteiger partial charge on any atom is 0.319 e. The number of furan rings is 1. The van der Waals surface area contributed by atoms with Gasteiger partial charge in [-0.15, -0.1) is 12.4 Å². The smallest absolute Gasteiger partial charge is 0.319 e. The highest BCUT2D eigenvalue weighted by atomic mass is 35.5. The molecule has 0 saturated carbocycles. The van der Waals surface area contributed by atoms with Gasteiger partial charge in [-0.2, -0.15) is 0 Å². The van der Waals surface area contributed by atoms with Crippen LogP contribution in [0.25, 0.3) is 11.3 Å². The first-order chi connectivity index (χ1) is 13.0. The molecule has 2 aliphatic rings. The van der Waals surface area contributed by atoms with Gasteiger partial charge in [0, 0.05) is 23.7 Å². The summed E-state index contributed by atoms with van der Waals surface area (Å²) >= 11 is 5.97. The minimum Gasteiger partial charge on any atom is -0.461 e. The Morgan fingerprint density at radius 2 is 2.00 bits per heavy atom. The Hall–Kier alpha value is -1.73. The summed E-state index contributed by atoms with van der Waals surface area (Å²) in [5, 5.41) is 7.20. The van der Waals surface area contributed by atoms with Crippen molar-refractivity contribution in [2.75, 3.05) is 40.3 Å². The van der Waals surface area contributed by atoms with Crippen molar-refractivity contribution in [2.45, 2.75) is 18.0 Å². The molecule has 0 aliphatic carbocycles. The van der Waals surface area contributed by atoms with Gasteiger partial charge in [-0.05, 0) is 63.5 Å². The first kappa shape index (κ1) is 21.0. The van der Waals surface area contributed by atoms with Gasteiger partial charge in [0.05, 0.1) is 12.5 Å². The lowest BCUT2D eigenvalue weighted by molar-refractivity contribution is 0.0268. The number of amides is 2. The normalized spacial score (nSPS) is 23.6. The van der Waals surface area contributed by atoms with E-state index in [4.69, 9.17) is 16.0 Å². The summed E-state index contributed by atoms with van der Waals surface area (Å²) < 4.78 is 6.17. The third kappa shape index (κ3) is 3.74. The van der Waals surface area contributed by atoms with Crippen LogP contribution in [0.15, 0.2) is 40.8 Å². The van der Waals surface area contributed by atoms with Gasteiger partial charge < -0.3 is 19.5 Å². The van der Waals surface area contributed by atoms with Gasteiger partial charge >= 0.3 is 6.03 Å². The molecule has 8 heteroatoms. The molecule has 4 rings (SSSR count). The van der Waals surface area contributed by atoms with E-state index in [1.165, 1.54) is 0 Å². The number of hydrogen-bond donors (Lipinski definition) is 2.